The average molecular weight is 675 g/mol. The largest absolute Gasteiger partial charge is 0.493 e. The molecule has 16 nitrogen and oxygen atoms in total. The van der Waals surface area contributed by atoms with Crippen LogP contribution in [0, 0.1) is 0 Å². The summed E-state index contributed by atoms with van der Waals surface area (Å²) < 4.78 is 43.7. The van der Waals surface area contributed by atoms with E-state index < -0.39 is 29.8 Å². The number of fused-ring (bicyclic) bond motifs is 1. The van der Waals surface area contributed by atoms with E-state index in [1.807, 2.05) is 0 Å². The van der Waals surface area contributed by atoms with Crippen molar-refractivity contribution < 1.29 is 57.5 Å². The summed E-state index contributed by atoms with van der Waals surface area (Å²) in [6.07, 6.45) is 3.03. The van der Waals surface area contributed by atoms with Gasteiger partial charge in [-0.05, 0) is 42.3 Å². The molecule has 0 bridgehead atoms. The highest BCUT2D eigenvalue weighted by molar-refractivity contribution is 5.99. The summed E-state index contributed by atoms with van der Waals surface area (Å²) in [5.41, 5.74) is 7.84. The summed E-state index contributed by atoms with van der Waals surface area (Å²) in [6.45, 7) is 3.17. The summed E-state index contributed by atoms with van der Waals surface area (Å²) in [7, 11) is 2.84. The maximum Gasteiger partial charge on any atom is 0.266 e. The lowest BCUT2D eigenvalue weighted by molar-refractivity contribution is -0.133. The van der Waals surface area contributed by atoms with Gasteiger partial charge in [-0.3, -0.25) is 19.6 Å². The normalized spacial score (nSPS) is 16.6. The van der Waals surface area contributed by atoms with E-state index in [1.54, 1.807) is 29.8 Å². The van der Waals surface area contributed by atoms with Crippen molar-refractivity contribution in [1.82, 2.24) is 15.7 Å². The Balaban J connectivity index is 1.34. The standard InChI is InChI=1S/C32H42N4O12/c1-41-27-16-22(17-28(42-2)30(27)46-14-13-45-12-11-44-10-9-43-8-7-33)32(39)36-19-23(18-24(36)31(38)35-40)34-29(37)6-4-21-3-5-25-26(15-21)48-20-47-25/h3-6,15-17,23-24,40H,7-14,18-20,33H2,1-2H3,(H,34,37)(H,35,38)/b6-4+/t23-,24+/m1/s1. The Morgan fingerprint density at radius 1 is 0.938 bits per heavy atom. The molecule has 262 valence electrons. The van der Waals surface area contributed by atoms with Crippen molar-refractivity contribution in [1.29, 1.82) is 0 Å². The van der Waals surface area contributed by atoms with Crippen molar-refractivity contribution in [2.45, 2.75) is 18.5 Å². The molecule has 2 aromatic rings. The first-order chi connectivity index (χ1) is 23.4. The van der Waals surface area contributed by atoms with E-state index in [0.29, 0.717) is 51.1 Å². The van der Waals surface area contributed by atoms with Crippen LogP contribution in [-0.4, -0.2) is 120 Å². The van der Waals surface area contributed by atoms with Crippen molar-refractivity contribution in [2.75, 3.05) is 80.4 Å². The van der Waals surface area contributed by atoms with Gasteiger partial charge in [0, 0.05) is 30.8 Å². The van der Waals surface area contributed by atoms with Crippen LogP contribution in [0.15, 0.2) is 36.4 Å². The number of nitrogens with zero attached hydrogens (tertiary/aromatic N) is 1. The predicted molar refractivity (Wildman–Crippen MR) is 169 cm³/mol. The van der Waals surface area contributed by atoms with E-state index in [4.69, 9.17) is 43.6 Å². The SMILES string of the molecule is COc1cc(C(=O)N2C[C@H](NC(=O)/C=C/c3ccc4c(c3)OCO4)C[C@H]2C(=O)NO)cc(OC)c1OCCOCCOCCOCCN. The van der Waals surface area contributed by atoms with Crippen molar-refractivity contribution in [3.63, 3.8) is 0 Å². The smallest absolute Gasteiger partial charge is 0.266 e. The van der Waals surface area contributed by atoms with E-state index in [0.717, 1.165) is 5.56 Å². The molecule has 0 aliphatic carbocycles. The maximum atomic E-state index is 13.7. The van der Waals surface area contributed by atoms with Gasteiger partial charge in [-0.2, -0.15) is 0 Å². The van der Waals surface area contributed by atoms with Gasteiger partial charge in [0.1, 0.15) is 12.6 Å². The highest BCUT2D eigenvalue weighted by Crippen LogP contribution is 2.39. The van der Waals surface area contributed by atoms with Gasteiger partial charge in [-0.1, -0.05) is 6.07 Å². The minimum absolute atomic E-state index is 0.00514. The average Bonchev–Trinajstić information content (AvgIpc) is 3.75. The van der Waals surface area contributed by atoms with Gasteiger partial charge in [0.2, 0.25) is 18.4 Å². The molecule has 2 heterocycles. The zero-order chi connectivity index (χ0) is 34.3. The molecule has 0 saturated carbocycles. The molecule has 48 heavy (non-hydrogen) atoms. The van der Waals surface area contributed by atoms with Crippen LogP contribution in [0.1, 0.15) is 22.3 Å². The van der Waals surface area contributed by atoms with Gasteiger partial charge in [-0.25, -0.2) is 5.48 Å². The van der Waals surface area contributed by atoms with Gasteiger partial charge in [0.15, 0.2) is 23.0 Å². The molecule has 5 N–H and O–H groups in total. The van der Waals surface area contributed by atoms with E-state index >= 15 is 0 Å². The fourth-order valence-electron chi connectivity index (χ4n) is 5.07. The first-order valence-electron chi connectivity index (χ1n) is 15.3. The fraction of sp³-hybridized carbons (Fsp3) is 0.469. The first kappa shape index (κ1) is 36.2. The molecule has 0 aromatic heterocycles. The van der Waals surface area contributed by atoms with E-state index in [2.05, 4.69) is 5.32 Å². The molecule has 1 saturated heterocycles. The number of nitrogens with one attached hydrogen (secondary N) is 2. The Morgan fingerprint density at radius 3 is 2.23 bits per heavy atom. The minimum atomic E-state index is -1.06. The van der Waals surface area contributed by atoms with E-state index in [-0.39, 0.29) is 55.8 Å². The molecule has 16 heteroatoms. The summed E-state index contributed by atoms with van der Waals surface area (Å²) in [5, 5.41) is 12.2. The van der Waals surface area contributed by atoms with Crippen LogP contribution >= 0.6 is 0 Å². The van der Waals surface area contributed by atoms with Crippen LogP contribution < -0.4 is 40.2 Å². The zero-order valence-corrected chi connectivity index (χ0v) is 26.9. The molecular weight excluding hydrogens is 632 g/mol. The maximum absolute atomic E-state index is 13.7. The van der Waals surface area contributed by atoms with Gasteiger partial charge in [-0.15, -0.1) is 0 Å². The van der Waals surface area contributed by atoms with E-state index in [1.165, 1.54) is 37.3 Å². The van der Waals surface area contributed by atoms with Crippen LogP contribution in [0.5, 0.6) is 28.7 Å². The van der Waals surface area contributed by atoms with Gasteiger partial charge in [0.05, 0.1) is 53.9 Å². The summed E-state index contributed by atoms with van der Waals surface area (Å²) >= 11 is 0. The number of carbonyl (C=O) groups is 3. The second kappa shape index (κ2) is 18.7. The van der Waals surface area contributed by atoms with Crippen molar-refractivity contribution in [2.24, 2.45) is 5.73 Å². The lowest BCUT2D eigenvalue weighted by Gasteiger charge is -2.24. The third kappa shape index (κ3) is 9.95. The molecule has 2 atom stereocenters. The van der Waals surface area contributed by atoms with Crippen LogP contribution in [0.4, 0.5) is 0 Å². The van der Waals surface area contributed by atoms with Crippen LogP contribution in [0.25, 0.3) is 6.08 Å². The molecule has 0 unspecified atom stereocenters. The lowest BCUT2D eigenvalue weighted by atomic mass is 10.1. The molecule has 0 spiro atoms. The number of nitrogens with two attached hydrogens (primary N) is 1. The number of carbonyl (C=O) groups excluding carboxylic acids is 3. The number of hydroxylamine groups is 1. The number of hydrogen-bond donors (Lipinski definition) is 4. The van der Waals surface area contributed by atoms with Crippen molar-refractivity contribution >= 4 is 23.8 Å². The highest BCUT2D eigenvalue weighted by Gasteiger charge is 2.40. The molecule has 3 amide bonds. The topological polar surface area (TPSA) is 199 Å². The monoisotopic (exact) mass is 674 g/mol. The second-order valence-electron chi connectivity index (χ2n) is 10.5. The van der Waals surface area contributed by atoms with Gasteiger partial charge in [0.25, 0.3) is 11.8 Å². The minimum Gasteiger partial charge on any atom is -0.493 e. The number of likely N-dealkylation sites (tertiary alicyclic amines) is 1. The number of methoxy groups -OCH3 is 2. The fourth-order valence-corrected chi connectivity index (χ4v) is 5.07. The summed E-state index contributed by atoms with van der Waals surface area (Å²) in [5.74, 6) is 0.154. The number of rotatable bonds is 19. The van der Waals surface area contributed by atoms with E-state index in [9.17, 15) is 19.6 Å². The summed E-state index contributed by atoms with van der Waals surface area (Å²) in [6, 6.07) is 6.58. The Kier molecular flexibility index (Phi) is 14.1. The second-order valence-corrected chi connectivity index (χ2v) is 10.5. The van der Waals surface area contributed by atoms with Crippen LogP contribution in [0.3, 0.4) is 0 Å². The van der Waals surface area contributed by atoms with Crippen molar-refractivity contribution in [3.05, 3.63) is 47.5 Å². The molecule has 1 fully saturated rings. The number of benzene rings is 2. The Hall–Kier alpha value is -4.61. The number of ether oxygens (including phenoxy) is 8. The lowest BCUT2D eigenvalue weighted by Crippen LogP contribution is -2.45. The Morgan fingerprint density at radius 2 is 1.58 bits per heavy atom. The zero-order valence-electron chi connectivity index (χ0n) is 26.9. The highest BCUT2D eigenvalue weighted by atomic mass is 16.7. The molecule has 2 aliphatic rings. The third-order valence-electron chi connectivity index (χ3n) is 7.33. The Labute approximate surface area is 277 Å². The molecule has 2 aromatic carbocycles. The predicted octanol–water partition coefficient (Wildman–Crippen LogP) is 0.738. The molecule has 4 rings (SSSR count). The molecular formula is C32H42N4O12. The number of amides is 3. The molecule has 2 aliphatic heterocycles. The van der Waals surface area contributed by atoms with Gasteiger partial charge < -0.3 is 53.8 Å². The summed E-state index contributed by atoms with van der Waals surface area (Å²) in [4.78, 5) is 40.3. The van der Waals surface area contributed by atoms with Crippen LogP contribution in [-0.2, 0) is 23.8 Å². The quantitative estimate of drug-likeness (QED) is 0.0705. The molecule has 0 radical (unpaired) electrons. The van der Waals surface area contributed by atoms with Crippen LogP contribution in [0.2, 0.25) is 0 Å². The third-order valence-corrected chi connectivity index (χ3v) is 7.33. The van der Waals surface area contributed by atoms with Gasteiger partial charge >= 0.3 is 0 Å². The van der Waals surface area contributed by atoms with Crippen molar-refractivity contribution in [3.8, 4) is 28.7 Å². The first-order valence-corrected chi connectivity index (χ1v) is 15.3. The number of hydrogen-bond acceptors (Lipinski definition) is 13. The Bertz CT molecular complexity index is 1400.